The van der Waals surface area contributed by atoms with Crippen LogP contribution in [0.15, 0.2) is 6.08 Å². The summed E-state index contributed by atoms with van der Waals surface area (Å²) in [6.07, 6.45) is 3.65. The van der Waals surface area contributed by atoms with Gasteiger partial charge in [-0.05, 0) is 38.0 Å². The van der Waals surface area contributed by atoms with Gasteiger partial charge in [0.25, 0.3) is 0 Å². The summed E-state index contributed by atoms with van der Waals surface area (Å²) < 4.78 is 0. The minimum absolute atomic E-state index is 0.0238. The lowest BCUT2D eigenvalue weighted by Crippen LogP contribution is -2.08. The number of rotatable bonds is 2. The van der Waals surface area contributed by atoms with Gasteiger partial charge in [0.15, 0.2) is 5.69 Å². The van der Waals surface area contributed by atoms with Crippen molar-refractivity contribution in [1.82, 2.24) is 10.2 Å². The van der Waals surface area contributed by atoms with Crippen molar-refractivity contribution in [2.45, 2.75) is 20.8 Å². The Balaban J connectivity index is 3.33. The van der Waals surface area contributed by atoms with Crippen molar-refractivity contribution in [3.63, 3.8) is 0 Å². The number of aromatic nitrogens is 2. The summed E-state index contributed by atoms with van der Waals surface area (Å²) in [7, 11) is 0. The number of nitrogens with zero attached hydrogens (tertiary/aromatic N) is 2. The quantitative estimate of drug-likeness (QED) is 0.776. The minimum Gasteiger partial charge on any atom is -0.476 e. The van der Waals surface area contributed by atoms with Crippen molar-refractivity contribution < 1.29 is 9.90 Å². The van der Waals surface area contributed by atoms with Gasteiger partial charge in [-0.2, -0.15) is 5.10 Å². The Kier molecular flexibility index (Phi) is 2.96. The lowest BCUT2D eigenvalue weighted by molar-refractivity contribution is 0.0688. The first-order chi connectivity index (χ1) is 6.57. The molecule has 0 amide bonds. The number of carboxylic acid groups (broad SMARTS) is 1. The Morgan fingerprint density at radius 2 is 1.93 bits per heavy atom. The molecule has 4 heteroatoms. The van der Waals surface area contributed by atoms with Crippen LogP contribution >= 0.6 is 0 Å². The van der Waals surface area contributed by atoms with Crippen LogP contribution in [0.2, 0.25) is 0 Å². The zero-order valence-corrected chi connectivity index (χ0v) is 8.40. The summed E-state index contributed by atoms with van der Waals surface area (Å²) >= 11 is 0. The Hall–Kier alpha value is -1.71. The van der Waals surface area contributed by atoms with E-state index in [0.717, 1.165) is 11.3 Å². The molecule has 0 aliphatic rings. The third-order valence-corrected chi connectivity index (χ3v) is 2.09. The maximum Gasteiger partial charge on any atom is 0.356 e. The predicted molar refractivity (Wildman–Crippen MR) is 53.2 cm³/mol. The van der Waals surface area contributed by atoms with Gasteiger partial charge in [0.2, 0.25) is 0 Å². The largest absolute Gasteiger partial charge is 0.476 e. The van der Waals surface area contributed by atoms with Crippen molar-refractivity contribution in [2.75, 3.05) is 0 Å². The van der Waals surface area contributed by atoms with Gasteiger partial charge in [-0.3, -0.25) is 0 Å². The van der Waals surface area contributed by atoms with Gasteiger partial charge in [0, 0.05) is 0 Å². The number of carboxylic acids is 1. The average molecular weight is 192 g/mol. The fraction of sp³-hybridized carbons (Fsp3) is 0.300. The zero-order valence-electron chi connectivity index (χ0n) is 8.40. The van der Waals surface area contributed by atoms with Crippen LogP contribution in [-0.2, 0) is 0 Å². The summed E-state index contributed by atoms with van der Waals surface area (Å²) in [6.45, 7) is 5.45. The molecule has 0 bridgehead atoms. The maximum absolute atomic E-state index is 10.7. The van der Waals surface area contributed by atoms with Gasteiger partial charge in [-0.1, -0.05) is 6.08 Å². The second-order valence-electron chi connectivity index (χ2n) is 2.99. The van der Waals surface area contributed by atoms with Gasteiger partial charge in [0.1, 0.15) is 0 Å². The highest BCUT2D eigenvalue weighted by Gasteiger charge is 2.13. The van der Waals surface area contributed by atoms with E-state index < -0.39 is 5.97 Å². The van der Waals surface area contributed by atoms with Gasteiger partial charge in [-0.15, -0.1) is 5.10 Å². The van der Waals surface area contributed by atoms with E-state index in [1.54, 1.807) is 13.0 Å². The topological polar surface area (TPSA) is 63.1 Å². The van der Waals surface area contributed by atoms with Crippen LogP contribution < -0.4 is 0 Å². The molecule has 0 saturated heterocycles. The van der Waals surface area contributed by atoms with Crippen LogP contribution in [0.5, 0.6) is 0 Å². The molecule has 0 radical (unpaired) electrons. The van der Waals surface area contributed by atoms with Crippen molar-refractivity contribution in [2.24, 2.45) is 0 Å². The molecule has 0 aliphatic heterocycles. The van der Waals surface area contributed by atoms with E-state index >= 15 is 0 Å². The standard InChI is InChI=1S/C10H12N2O2/c1-4-5-8-6(2)7(3)9(10(13)14)12-11-8/h4-5H,1-3H3,(H,13,14). The van der Waals surface area contributed by atoms with Crippen molar-refractivity contribution in [3.8, 4) is 0 Å². The molecule has 0 fully saturated rings. The second-order valence-corrected chi connectivity index (χ2v) is 2.99. The van der Waals surface area contributed by atoms with Crippen LogP contribution in [-0.4, -0.2) is 21.3 Å². The molecule has 0 atom stereocenters. The summed E-state index contributed by atoms with van der Waals surface area (Å²) in [5.41, 5.74) is 2.27. The molecule has 0 unspecified atom stereocenters. The molecule has 1 rings (SSSR count). The Bertz CT molecular complexity index is 397. The van der Waals surface area contributed by atoms with E-state index in [4.69, 9.17) is 5.11 Å². The second kappa shape index (κ2) is 4.00. The van der Waals surface area contributed by atoms with Crippen molar-refractivity contribution >= 4 is 12.0 Å². The number of hydrogen-bond donors (Lipinski definition) is 1. The van der Waals surface area contributed by atoms with Gasteiger partial charge in [0.05, 0.1) is 5.69 Å². The normalized spacial score (nSPS) is 10.8. The monoisotopic (exact) mass is 192 g/mol. The number of hydrogen-bond acceptors (Lipinski definition) is 3. The molecule has 74 valence electrons. The maximum atomic E-state index is 10.7. The fourth-order valence-corrected chi connectivity index (χ4v) is 1.14. The van der Waals surface area contributed by atoms with E-state index in [1.165, 1.54) is 0 Å². The van der Waals surface area contributed by atoms with Crippen LogP contribution in [0.4, 0.5) is 0 Å². The average Bonchev–Trinajstić information content (AvgIpc) is 2.13. The summed E-state index contributed by atoms with van der Waals surface area (Å²) in [5, 5.41) is 16.3. The molecule has 4 nitrogen and oxygen atoms in total. The highest BCUT2D eigenvalue weighted by Crippen LogP contribution is 2.14. The first-order valence-electron chi connectivity index (χ1n) is 4.27. The van der Waals surface area contributed by atoms with Crippen LogP contribution in [0, 0.1) is 13.8 Å². The molecule has 1 heterocycles. The van der Waals surface area contributed by atoms with E-state index in [9.17, 15) is 4.79 Å². The fourth-order valence-electron chi connectivity index (χ4n) is 1.14. The molecule has 0 saturated carbocycles. The third kappa shape index (κ3) is 1.79. The molecule has 0 aromatic carbocycles. The number of aromatic carboxylic acids is 1. The predicted octanol–water partition coefficient (Wildman–Crippen LogP) is 1.82. The van der Waals surface area contributed by atoms with Gasteiger partial charge >= 0.3 is 5.97 Å². The lowest BCUT2D eigenvalue weighted by Gasteiger charge is -2.05. The highest BCUT2D eigenvalue weighted by atomic mass is 16.4. The molecular weight excluding hydrogens is 180 g/mol. The van der Waals surface area contributed by atoms with E-state index in [1.807, 2.05) is 19.9 Å². The summed E-state index contributed by atoms with van der Waals surface area (Å²) in [5.74, 6) is -1.04. The Labute approximate surface area is 82.3 Å². The van der Waals surface area contributed by atoms with E-state index in [-0.39, 0.29) is 5.69 Å². The molecule has 14 heavy (non-hydrogen) atoms. The first kappa shape index (κ1) is 10.4. The highest BCUT2D eigenvalue weighted by molar-refractivity contribution is 5.87. The Morgan fingerprint density at radius 1 is 1.29 bits per heavy atom. The smallest absolute Gasteiger partial charge is 0.356 e. The zero-order chi connectivity index (χ0) is 10.7. The first-order valence-corrected chi connectivity index (χ1v) is 4.27. The Morgan fingerprint density at radius 3 is 2.43 bits per heavy atom. The van der Waals surface area contributed by atoms with Crippen LogP contribution in [0.1, 0.15) is 34.2 Å². The molecule has 1 N–H and O–H groups in total. The minimum atomic E-state index is -1.04. The SMILES string of the molecule is CC=Cc1nnc(C(=O)O)c(C)c1C. The van der Waals surface area contributed by atoms with Crippen molar-refractivity contribution in [1.29, 1.82) is 0 Å². The molecule has 0 spiro atoms. The molecule has 1 aromatic heterocycles. The number of allylic oxidation sites excluding steroid dienone is 1. The summed E-state index contributed by atoms with van der Waals surface area (Å²) in [6, 6.07) is 0. The van der Waals surface area contributed by atoms with Crippen LogP contribution in [0.3, 0.4) is 0 Å². The third-order valence-electron chi connectivity index (χ3n) is 2.09. The lowest BCUT2D eigenvalue weighted by atomic mass is 10.1. The molecular formula is C10H12N2O2. The van der Waals surface area contributed by atoms with Gasteiger partial charge in [-0.25, -0.2) is 4.79 Å². The summed E-state index contributed by atoms with van der Waals surface area (Å²) in [4.78, 5) is 10.7. The van der Waals surface area contributed by atoms with Crippen molar-refractivity contribution in [3.05, 3.63) is 28.6 Å². The molecule has 0 aliphatic carbocycles. The van der Waals surface area contributed by atoms with E-state index in [0.29, 0.717) is 5.56 Å². The molecule has 1 aromatic rings. The number of carbonyl (C=O) groups is 1. The van der Waals surface area contributed by atoms with E-state index in [2.05, 4.69) is 10.2 Å². The van der Waals surface area contributed by atoms with Crippen LogP contribution in [0.25, 0.3) is 6.08 Å². The van der Waals surface area contributed by atoms with Gasteiger partial charge < -0.3 is 5.11 Å².